The summed E-state index contributed by atoms with van der Waals surface area (Å²) in [7, 11) is 0. The molecule has 1 aromatic rings. The average Bonchev–Trinajstić information content (AvgIpc) is 2.09. The van der Waals surface area contributed by atoms with Gasteiger partial charge in [-0.05, 0) is 28.4 Å². The number of rotatable bonds is 2. The summed E-state index contributed by atoms with van der Waals surface area (Å²) in [6, 6.07) is 2.64. The van der Waals surface area contributed by atoms with Crippen LogP contribution in [0.3, 0.4) is 0 Å². The van der Waals surface area contributed by atoms with Crippen molar-refractivity contribution in [2.75, 3.05) is 0 Å². The quantitative estimate of drug-likeness (QED) is 0.596. The van der Waals surface area contributed by atoms with Gasteiger partial charge in [0.15, 0.2) is 0 Å². The van der Waals surface area contributed by atoms with E-state index in [1.807, 2.05) is 0 Å². The first-order chi connectivity index (χ1) is 6.07. The van der Waals surface area contributed by atoms with Gasteiger partial charge >= 0.3 is 0 Å². The Morgan fingerprint density at radius 1 is 1.62 bits per heavy atom. The van der Waals surface area contributed by atoms with E-state index in [4.69, 9.17) is 0 Å². The summed E-state index contributed by atoms with van der Waals surface area (Å²) in [5, 5.41) is 10.5. The van der Waals surface area contributed by atoms with Crippen LogP contribution in [0, 0.1) is 15.9 Å². The molecule has 0 spiro atoms. The van der Waals surface area contributed by atoms with E-state index in [0.717, 1.165) is 0 Å². The summed E-state index contributed by atoms with van der Waals surface area (Å²) in [5.41, 5.74) is -0.0254. The molecule has 0 atom stereocenters. The van der Waals surface area contributed by atoms with Crippen molar-refractivity contribution in [2.24, 2.45) is 0 Å². The molecule has 0 aliphatic rings. The van der Waals surface area contributed by atoms with Crippen molar-refractivity contribution in [3.8, 4) is 0 Å². The molecule has 13 heavy (non-hydrogen) atoms. The minimum absolute atomic E-state index is 0.138. The molecule has 0 N–H and O–H groups in total. The third-order valence-electron chi connectivity index (χ3n) is 1.72. The lowest BCUT2D eigenvalue weighted by Crippen LogP contribution is -1.98. The Balaban J connectivity index is 3.38. The lowest BCUT2D eigenvalue weighted by Gasteiger charge is -2.02. The Bertz CT molecular complexity index is 354. The van der Waals surface area contributed by atoms with Gasteiger partial charge in [0.25, 0.3) is 5.69 Å². The third kappa shape index (κ3) is 1.85. The van der Waals surface area contributed by atoms with E-state index in [2.05, 4.69) is 15.9 Å². The van der Waals surface area contributed by atoms with Crippen molar-refractivity contribution in [3.63, 3.8) is 0 Å². The van der Waals surface area contributed by atoms with Crippen LogP contribution in [0.5, 0.6) is 0 Å². The van der Waals surface area contributed by atoms with Crippen LogP contribution in [0.1, 0.15) is 12.5 Å². The standard InChI is InChI=1S/C8H7BrFNO2/c1-2-5-7(11(12)13)4-3-6(9)8(5)10/h3-4H,2H2,1H3. The van der Waals surface area contributed by atoms with Gasteiger partial charge in [-0.2, -0.15) is 0 Å². The first kappa shape index (κ1) is 10.1. The van der Waals surface area contributed by atoms with Gasteiger partial charge in [-0.25, -0.2) is 4.39 Å². The van der Waals surface area contributed by atoms with Gasteiger partial charge in [0.2, 0.25) is 0 Å². The Morgan fingerprint density at radius 2 is 2.23 bits per heavy atom. The summed E-state index contributed by atoms with van der Waals surface area (Å²) in [5.74, 6) is -0.545. The lowest BCUT2D eigenvalue weighted by atomic mass is 10.1. The van der Waals surface area contributed by atoms with Crippen LogP contribution in [0.15, 0.2) is 16.6 Å². The first-order valence-corrected chi connectivity index (χ1v) is 4.48. The molecule has 0 amide bonds. The maximum absolute atomic E-state index is 13.3. The highest BCUT2D eigenvalue weighted by atomic mass is 79.9. The van der Waals surface area contributed by atoms with Gasteiger partial charge in [-0.3, -0.25) is 10.1 Å². The molecule has 0 radical (unpaired) electrons. The molecule has 5 heteroatoms. The van der Waals surface area contributed by atoms with Crippen LogP contribution in [0.25, 0.3) is 0 Å². The number of halogens is 2. The molecule has 0 saturated carbocycles. The number of nitrogens with zero attached hydrogens (tertiary/aromatic N) is 1. The molecule has 0 fully saturated rings. The van der Waals surface area contributed by atoms with Crippen molar-refractivity contribution < 1.29 is 9.31 Å². The second-order valence-electron chi connectivity index (χ2n) is 2.47. The van der Waals surface area contributed by atoms with E-state index in [9.17, 15) is 14.5 Å². The molecule has 0 aromatic heterocycles. The molecule has 0 unspecified atom stereocenters. The molecule has 70 valence electrons. The summed E-state index contributed by atoms with van der Waals surface area (Å²) >= 11 is 2.97. The van der Waals surface area contributed by atoms with Crippen LogP contribution in [0.4, 0.5) is 10.1 Å². The number of nitro groups is 1. The highest BCUT2D eigenvalue weighted by molar-refractivity contribution is 9.10. The van der Waals surface area contributed by atoms with E-state index in [0.29, 0.717) is 6.42 Å². The maximum Gasteiger partial charge on any atom is 0.275 e. The Kier molecular flexibility index (Phi) is 2.98. The highest BCUT2D eigenvalue weighted by Crippen LogP contribution is 2.27. The van der Waals surface area contributed by atoms with Crippen molar-refractivity contribution in [3.05, 3.63) is 38.1 Å². The molecule has 0 bridgehead atoms. The molecular weight excluding hydrogens is 241 g/mol. The van der Waals surface area contributed by atoms with E-state index in [1.165, 1.54) is 12.1 Å². The van der Waals surface area contributed by atoms with Gasteiger partial charge < -0.3 is 0 Å². The first-order valence-electron chi connectivity index (χ1n) is 3.69. The summed E-state index contributed by atoms with van der Waals surface area (Å²) in [6.07, 6.45) is 0.307. The zero-order chi connectivity index (χ0) is 10.0. The van der Waals surface area contributed by atoms with Gasteiger partial charge in [0.1, 0.15) is 5.82 Å². The molecule has 0 aliphatic heterocycles. The molecule has 0 saturated heterocycles. The molecule has 1 aromatic carbocycles. The van der Waals surface area contributed by atoms with Crippen LogP contribution in [-0.2, 0) is 6.42 Å². The minimum atomic E-state index is -0.575. The topological polar surface area (TPSA) is 43.1 Å². The van der Waals surface area contributed by atoms with Crippen molar-refractivity contribution in [1.29, 1.82) is 0 Å². The normalized spacial score (nSPS) is 10.1. The largest absolute Gasteiger partial charge is 0.275 e. The van der Waals surface area contributed by atoms with Crippen molar-refractivity contribution in [2.45, 2.75) is 13.3 Å². The molecule has 0 heterocycles. The number of benzene rings is 1. The average molecular weight is 248 g/mol. The number of nitro benzene ring substituents is 1. The predicted molar refractivity (Wildman–Crippen MR) is 50.1 cm³/mol. The zero-order valence-electron chi connectivity index (χ0n) is 6.88. The van der Waals surface area contributed by atoms with E-state index in [1.54, 1.807) is 6.92 Å². The molecule has 3 nitrogen and oxygen atoms in total. The van der Waals surface area contributed by atoms with Crippen LogP contribution in [-0.4, -0.2) is 4.92 Å². The summed E-state index contributed by atoms with van der Waals surface area (Å²) < 4.78 is 13.5. The predicted octanol–water partition coefficient (Wildman–Crippen LogP) is 3.06. The van der Waals surface area contributed by atoms with Crippen LogP contribution >= 0.6 is 15.9 Å². The highest BCUT2D eigenvalue weighted by Gasteiger charge is 2.18. The fourth-order valence-corrected chi connectivity index (χ4v) is 1.46. The SMILES string of the molecule is CCc1c([N+](=O)[O-])ccc(Br)c1F. The molecule has 0 aliphatic carbocycles. The van der Waals surface area contributed by atoms with Gasteiger partial charge in [0, 0.05) is 6.07 Å². The van der Waals surface area contributed by atoms with Crippen LogP contribution < -0.4 is 0 Å². The fourth-order valence-electron chi connectivity index (χ4n) is 1.09. The van der Waals surface area contributed by atoms with E-state index >= 15 is 0 Å². The van der Waals surface area contributed by atoms with Crippen molar-refractivity contribution in [1.82, 2.24) is 0 Å². The number of hydrogen-bond acceptors (Lipinski definition) is 2. The van der Waals surface area contributed by atoms with Gasteiger partial charge in [0.05, 0.1) is 15.0 Å². The Morgan fingerprint density at radius 3 is 2.69 bits per heavy atom. The van der Waals surface area contributed by atoms with E-state index in [-0.39, 0.29) is 15.7 Å². The van der Waals surface area contributed by atoms with E-state index < -0.39 is 10.7 Å². The smallest absolute Gasteiger partial charge is 0.258 e. The third-order valence-corrected chi connectivity index (χ3v) is 2.33. The van der Waals surface area contributed by atoms with Gasteiger partial charge in [-0.15, -0.1) is 0 Å². The minimum Gasteiger partial charge on any atom is -0.258 e. The Labute approximate surface area is 82.8 Å². The molecular formula is C8H7BrFNO2. The summed E-state index contributed by atoms with van der Waals surface area (Å²) in [4.78, 5) is 9.89. The second kappa shape index (κ2) is 3.83. The second-order valence-corrected chi connectivity index (χ2v) is 3.32. The van der Waals surface area contributed by atoms with Gasteiger partial charge in [-0.1, -0.05) is 6.92 Å². The monoisotopic (exact) mass is 247 g/mol. The number of hydrogen-bond donors (Lipinski definition) is 0. The molecule has 1 rings (SSSR count). The fraction of sp³-hybridized carbons (Fsp3) is 0.250. The van der Waals surface area contributed by atoms with Crippen molar-refractivity contribution >= 4 is 21.6 Å². The maximum atomic E-state index is 13.3. The zero-order valence-corrected chi connectivity index (χ0v) is 8.47. The van der Waals surface area contributed by atoms with Crippen LogP contribution in [0.2, 0.25) is 0 Å². The lowest BCUT2D eigenvalue weighted by molar-refractivity contribution is -0.385. The summed E-state index contributed by atoms with van der Waals surface area (Å²) in [6.45, 7) is 1.68. The Hall–Kier alpha value is -0.970.